The second-order valence-electron chi connectivity index (χ2n) is 6.84. The number of aryl methyl sites for hydroxylation is 2. The Bertz CT molecular complexity index is 1160. The lowest BCUT2D eigenvalue weighted by atomic mass is 10.1. The van der Waals surface area contributed by atoms with Gasteiger partial charge in [-0.1, -0.05) is 35.3 Å². The number of carbonyl (C=O) groups excluding carboxylic acids is 1. The topological polar surface area (TPSA) is 60.1 Å². The average molecular weight is 405 g/mol. The summed E-state index contributed by atoms with van der Waals surface area (Å²) in [6.07, 6.45) is 0. The lowest BCUT2D eigenvalue weighted by molar-refractivity contribution is 0.0750. The van der Waals surface area contributed by atoms with E-state index in [-0.39, 0.29) is 18.0 Å². The van der Waals surface area contributed by atoms with Crippen LogP contribution in [0.15, 0.2) is 23.0 Å². The molecule has 0 atom stereocenters. The summed E-state index contributed by atoms with van der Waals surface area (Å²) in [7, 11) is 1.77. The van der Waals surface area contributed by atoms with Gasteiger partial charge < -0.3 is 9.47 Å². The van der Waals surface area contributed by atoms with Gasteiger partial charge in [-0.25, -0.2) is 4.68 Å². The Hall–Kier alpha value is -2.31. The standard InChI is InChI=1S/C19H18Cl2N4O2/c1-10-14-17(24-8-7-23(3)19(27)16(10)24)11(2)22-25(18(14)26)9-12-5-4-6-13(20)15(12)21/h4-6H,7-9H2,1-3H3. The summed E-state index contributed by atoms with van der Waals surface area (Å²) in [6.45, 7) is 5.14. The Morgan fingerprint density at radius 1 is 1.15 bits per heavy atom. The molecule has 3 heterocycles. The molecule has 0 N–H and O–H groups in total. The van der Waals surface area contributed by atoms with Crippen molar-refractivity contribution in [2.45, 2.75) is 26.9 Å². The van der Waals surface area contributed by atoms with Crippen LogP contribution in [0.4, 0.5) is 0 Å². The summed E-state index contributed by atoms with van der Waals surface area (Å²) < 4.78 is 3.32. The maximum absolute atomic E-state index is 13.2. The van der Waals surface area contributed by atoms with Gasteiger partial charge in [0.2, 0.25) is 0 Å². The number of rotatable bonds is 2. The van der Waals surface area contributed by atoms with Gasteiger partial charge in [0.05, 0.1) is 33.2 Å². The molecule has 1 aliphatic heterocycles. The summed E-state index contributed by atoms with van der Waals surface area (Å²) in [5.41, 5.74) is 3.19. The molecule has 27 heavy (non-hydrogen) atoms. The van der Waals surface area contributed by atoms with Gasteiger partial charge in [0, 0.05) is 20.1 Å². The molecular weight excluding hydrogens is 387 g/mol. The second kappa shape index (κ2) is 6.39. The van der Waals surface area contributed by atoms with Crippen molar-refractivity contribution in [3.05, 3.63) is 61.1 Å². The molecule has 0 saturated heterocycles. The van der Waals surface area contributed by atoms with Gasteiger partial charge in [0.15, 0.2) is 0 Å². The molecule has 1 aliphatic rings. The molecule has 0 aliphatic carbocycles. The van der Waals surface area contributed by atoms with Gasteiger partial charge in [-0.15, -0.1) is 0 Å². The first-order valence-corrected chi connectivity index (χ1v) is 9.35. The van der Waals surface area contributed by atoms with Crippen molar-refractivity contribution in [2.24, 2.45) is 0 Å². The van der Waals surface area contributed by atoms with E-state index >= 15 is 0 Å². The highest BCUT2D eigenvalue weighted by atomic mass is 35.5. The first kappa shape index (κ1) is 18.1. The van der Waals surface area contributed by atoms with Crippen LogP contribution in [-0.4, -0.2) is 38.7 Å². The maximum Gasteiger partial charge on any atom is 0.276 e. The highest BCUT2D eigenvalue weighted by molar-refractivity contribution is 6.42. The van der Waals surface area contributed by atoms with Gasteiger partial charge in [0.1, 0.15) is 5.69 Å². The number of benzene rings is 1. The van der Waals surface area contributed by atoms with Crippen LogP contribution in [0.3, 0.4) is 0 Å². The van der Waals surface area contributed by atoms with Crippen molar-refractivity contribution in [1.82, 2.24) is 19.2 Å². The van der Waals surface area contributed by atoms with E-state index in [1.165, 1.54) is 4.68 Å². The van der Waals surface area contributed by atoms with Crippen LogP contribution < -0.4 is 5.56 Å². The van der Waals surface area contributed by atoms with Gasteiger partial charge in [-0.2, -0.15) is 5.10 Å². The van der Waals surface area contributed by atoms with Crippen molar-refractivity contribution in [1.29, 1.82) is 0 Å². The third-order valence-electron chi connectivity index (χ3n) is 5.13. The Labute approximate surface area is 165 Å². The van der Waals surface area contributed by atoms with Gasteiger partial charge in [-0.05, 0) is 31.0 Å². The van der Waals surface area contributed by atoms with Crippen LogP contribution in [0.5, 0.6) is 0 Å². The van der Waals surface area contributed by atoms with Crippen molar-refractivity contribution >= 4 is 40.0 Å². The second-order valence-corrected chi connectivity index (χ2v) is 7.62. The number of carbonyl (C=O) groups is 1. The highest BCUT2D eigenvalue weighted by Crippen LogP contribution is 2.29. The molecule has 2 aromatic heterocycles. The first-order valence-electron chi connectivity index (χ1n) is 8.60. The predicted octanol–water partition coefficient (Wildman–Crippen LogP) is 3.26. The summed E-state index contributed by atoms with van der Waals surface area (Å²) in [4.78, 5) is 27.5. The number of hydrogen-bond acceptors (Lipinski definition) is 3. The number of fused-ring (bicyclic) bond motifs is 3. The molecule has 0 spiro atoms. The molecule has 4 rings (SSSR count). The minimum Gasteiger partial charge on any atom is -0.339 e. The Kier molecular flexibility index (Phi) is 4.28. The Morgan fingerprint density at radius 2 is 1.89 bits per heavy atom. The molecule has 140 valence electrons. The third kappa shape index (κ3) is 2.66. The van der Waals surface area contributed by atoms with Crippen LogP contribution in [0, 0.1) is 13.8 Å². The monoisotopic (exact) mass is 404 g/mol. The van der Waals surface area contributed by atoms with E-state index in [0.29, 0.717) is 45.5 Å². The molecule has 0 bridgehead atoms. The normalized spacial score (nSPS) is 14.1. The van der Waals surface area contributed by atoms with E-state index in [2.05, 4.69) is 5.10 Å². The van der Waals surface area contributed by atoms with E-state index in [1.54, 1.807) is 24.1 Å². The lowest BCUT2D eigenvalue weighted by Crippen LogP contribution is -2.37. The molecule has 3 aromatic rings. The fraction of sp³-hybridized carbons (Fsp3) is 0.316. The molecule has 8 heteroatoms. The zero-order valence-electron chi connectivity index (χ0n) is 15.2. The number of nitrogens with zero attached hydrogens (tertiary/aromatic N) is 4. The summed E-state index contributed by atoms with van der Waals surface area (Å²) in [5.74, 6) is -0.0711. The van der Waals surface area contributed by atoms with Crippen molar-refractivity contribution in [2.75, 3.05) is 13.6 Å². The average Bonchev–Trinajstić information content (AvgIpc) is 2.93. The summed E-state index contributed by atoms with van der Waals surface area (Å²) >= 11 is 12.4. The van der Waals surface area contributed by atoms with Crippen molar-refractivity contribution in [3.8, 4) is 0 Å². The molecular formula is C19H18Cl2N4O2. The largest absolute Gasteiger partial charge is 0.339 e. The smallest absolute Gasteiger partial charge is 0.276 e. The van der Waals surface area contributed by atoms with Gasteiger partial charge in [-0.3, -0.25) is 9.59 Å². The minimum absolute atomic E-state index is 0.0711. The van der Waals surface area contributed by atoms with Crippen LogP contribution >= 0.6 is 23.2 Å². The SMILES string of the molecule is Cc1c2n(c3c(C)nn(Cc4cccc(Cl)c4Cl)c(=O)c13)CCN(C)C2=O. The minimum atomic E-state index is -0.235. The number of amides is 1. The van der Waals surface area contributed by atoms with E-state index in [9.17, 15) is 9.59 Å². The van der Waals surface area contributed by atoms with Crippen LogP contribution in [-0.2, 0) is 13.1 Å². The molecule has 0 saturated carbocycles. The number of likely N-dealkylation sites (N-methyl/N-ethyl adjacent to an activating group) is 1. The van der Waals surface area contributed by atoms with Crippen molar-refractivity contribution in [3.63, 3.8) is 0 Å². The van der Waals surface area contributed by atoms with Gasteiger partial charge >= 0.3 is 0 Å². The summed E-state index contributed by atoms with van der Waals surface area (Å²) in [5, 5.41) is 5.88. The van der Waals surface area contributed by atoms with Crippen LogP contribution in [0.1, 0.15) is 27.3 Å². The zero-order valence-corrected chi connectivity index (χ0v) is 16.7. The van der Waals surface area contributed by atoms with E-state index in [0.717, 1.165) is 11.1 Å². The molecule has 0 fully saturated rings. The quantitative estimate of drug-likeness (QED) is 0.658. The fourth-order valence-electron chi connectivity index (χ4n) is 3.76. The Morgan fingerprint density at radius 3 is 2.63 bits per heavy atom. The predicted molar refractivity (Wildman–Crippen MR) is 106 cm³/mol. The Balaban J connectivity index is 1.95. The summed E-state index contributed by atoms with van der Waals surface area (Å²) in [6, 6.07) is 5.31. The zero-order chi connectivity index (χ0) is 19.5. The molecule has 6 nitrogen and oxygen atoms in total. The molecule has 0 unspecified atom stereocenters. The fourth-order valence-corrected chi connectivity index (χ4v) is 4.14. The van der Waals surface area contributed by atoms with E-state index in [1.807, 2.05) is 24.5 Å². The lowest BCUT2D eigenvalue weighted by Gasteiger charge is -2.25. The number of hydrogen-bond donors (Lipinski definition) is 0. The highest BCUT2D eigenvalue weighted by Gasteiger charge is 2.30. The van der Waals surface area contributed by atoms with Gasteiger partial charge in [0.25, 0.3) is 11.5 Å². The van der Waals surface area contributed by atoms with E-state index in [4.69, 9.17) is 23.2 Å². The van der Waals surface area contributed by atoms with E-state index < -0.39 is 0 Å². The number of halogens is 2. The third-order valence-corrected chi connectivity index (χ3v) is 5.99. The van der Waals surface area contributed by atoms with Crippen LogP contribution in [0.25, 0.3) is 10.9 Å². The molecule has 1 amide bonds. The van der Waals surface area contributed by atoms with Crippen molar-refractivity contribution < 1.29 is 4.79 Å². The maximum atomic E-state index is 13.2. The first-order chi connectivity index (χ1) is 12.8. The molecule has 1 aromatic carbocycles. The molecule has 0 radical (unpaired) electrons. The number of aromatic nitrogens is 3. The van der Waals surface area contributed by atoms with Crippen LogP contribution in [0.2, 0.25) is 10.0 Å².